The zero-order valence-electron chi connectivity index (χ0n) is 11.1. The molecule has 0 heterocycles. The molecule has 0 radical (unpaired) electrons. The van der Waals surface area contributed by atoms with Gasteiger partial charge in [0.1, 0.15) is 0 Å². The fourth-order valence-electron chi connectivity index (χ4n) is 3.26. The van der Waals surface area contributed by atoms with Crippen LogP contribution in [0.2, 0.25) is 0 Å². The van der Waals surface area contributed by atoms with Gasteiger partial charge in [0.25, 0.3) is 0 Å². The van der Waals surface area contributed by atoms with E-state index in [4.69, 9.17) is 5.11 Å². The Bertz CT molecular complexity index is 410. The van der Waals surface area contributed by atoms with Crippen molar-refractivity contribution in [2.24, 2.45) is 5.41 Å². The average Bonchev–Trinajstić information content (AvgIpc) is 2.39. The van der Waals surface area contributed by atoms with Crippen LogP contribution in [0.4, 0.5) is 0 Å². The number of benzene rings is 1. The van der Waals surface area contributed by atoms with E-state index in [1.165, 1.54) is 12.0 Å². The first-order valence-corrected chi connectivity index (χ1v) is 6.71. The Morgan fingerprint density at radius 2 is 2.05 bits per heavy atom. The van der Waals surface area contributed by atoms with Gasteiger partial charge >= 0.3 is 5.97 Å². The molecule has 1 aliphatic carbocycles. The minimum atomic E-state index is -0.688. The Morgan fingerprint density at radius 3 is 2.63 bits per heavy atom. The summed E-state index contributed by atoms with van der Waals surface area (Å²) in [5.41, 5.74) is 5.25. The summed E-state index contributed by atoms with van der Waals surface area (Å²) in [7, 11) is 0. The Kier molecular flexibility index (Phi) is 5.83. The maximum absolute atomic E-state index is 11.0. The molecule has 4 heteroatoms. The molecule has 1 aromatic rings. The molecule has 1 aromatic carbocycles. The molecule has 0 saturated heterocycles. The van der Waals surface area contributed by atoms with E-state index in [-0.39, 0.29) is 24.2 Å². The van der Waals surface area contributed by atoms with Crippen molar-refractivity contribution >= 4 is 5.97 Å². The molecule has 0 amide bonds. The third kappa shape index (κ3) is 3.95. The van der Waals surface area contributed by atoms with E-state index >= 15 is 0 Å². The minimum Gasteiger partial charge on any atom is -1.00 e. The first-order valence-electron chi connectivity index (χ1n) is 6.71. The molecule has 1 saturated carbocycles. The number of rotatable bonds is 4. The van der Waals surface area contributed by atoms with Gasteiger partial charge in [0.15, 0.2) is 0 Å². The predicted octanol–water partition coefficient (Wildman–Crippen LogP) is -0.949. The van der Waals surface area contributed by atoms with Crippen molar-refractivity contribution in [3.63, 3.8) is 0 Å². The quantitative estimate of drug-likeness (QED) is 0.748. The molecule has 0 unspecified atom stereocenters. The number of carboxylic acid groups (broad SMARTS) is 1. The second kappa shape index (κ2) is 6.92. The maximum atomic E-state index is 11.0. The SMILES string of the molecule is [Cl-].[NH3+]C[C@]1(CC(=O)O)CCC[C@H](c2ccccc2)C1. The third-order valence-corrected chi connectivity index (χ3v) is 4.27. The van der Waals surface area contributed by atoms with Gasteiger partial charge in [0.05, 0.1) is 13.0 Å². The summed E-state index contributed by atoms with van der Waals surface area (Å²) in [6.45, 7) is 0.725. The first kappa shape index (κ1) is 16.0. The van der Waals surface area contributed by atoms with Crippen LogP contribution < -0.4 is 18.1 Å². The zero-order valence-corrected chi connectivity index (χ0v) is 11.9. The summed E-state index contributed by atoms with van der Waals surface area (Å²) in [6, 6.07) is 10.5. The molecule has 3 nitrogen and oxygen atoms in total. The van der Waals surface area contributed by atoms with Gasteiger partial charge < -0.3 is 23.2 Å². The average molecular weight is 284 g/mol. The van der Waals surface area contributed by atoms with Crippen LogP contribution in [0.15, 0.2) is 30.3 Å². The van der Waals surface area contributed by atoms with Gasteiger partial charge in [-0.25, -0.2) is 0 Å². The minimum absolute atomic E-state index is 0. The fourth-order valence-corrected chi connectivity index (χ4v) is 3.26. The number of hydrogen-bond acceptors (Lipinski definition) is 1. The highest BCUT2D eigenvalue weighted by molar-refractivity contribution is 5.67. The molecule has 1 aliphatic rings. The second-order valence-corrected chi connectivity index (χ2v) is 5.52. The molecule has 2 atom stereocenters. The highest BCUT2D eigenvalue weighted by atomic mass is 35.5. The lowest BCUT2D eigenvalue weighted by Gasteiger charge is -2.38. The number of halogens is 1. The Morgan fingerprint density at radius 1 is 1.37 bits per heavy atom. The standard InChI is InChI=1S/C15H21NO2.ClH/c16-11-15(10-14(17)18)8-4-7-13(9-15)12-5-2-1-3-6-12;/h1-3,5-6,13H,4,7-11,16H2,(H,17,18);1H/t13-,15+;/m0./s1. The summed E-state index contributed by atoms with van der Waals surface area (Å²) in [6.07, 6.45) is 4.52. The monoisotopic (exact) mass is 283 g/mol. The first-order chi connectivity index (χ1) is 8.65. The number of carboxylic acids is 1. The van der Waals surface area contributed by atoms with Gasteiger partial charge in [-0.05, 0) is 30.7 Å². The van der Waals surface area contributed by atoms with Crippen molar-refractivity contribution in [1.82, 2.24) is 0 Å². The zero-order chi connectivity index (χ0) is 13.0. The van der Waals surface area contributed by atoms with E-state index in [0.717, 1.165) is 25.8 Å². The van der Waals surface area contributed by atoms with E-state index in [2.05, 4.69) is 30.0 Å². The summed E-state index contributed by atoms with van der Waals surface area (Å²) in [4.78, 5) is 11.0. The van der Waals surface area contributed by atoms with E-state index in [0.29, 0.717) is 5.92 Å². The molecule has 4 N–H and O–H groups in total. The number of quaternary nitrogens is 1. The van der Waals surface area contributed by atoms with E-state index in [9.17, 15) is 4.79 Å². The fraction of sp³-hybridized carbons (Fsp3) is 0.533. The highest BCUT2D eigenvalue weighted by Gasteiger charge is 2.39. The molecule has 2 rings (SSSR count). The van der Waals surface area contributed by atoms with Crippen molar-refractivity contribution in [3.05, 3.63) is 35.9 Å². The summed E-state index contributed by atoms with van der Waals surface area (Å²) in [5.74, 6) is -0.187. The topological polar surface area (TPSA) is 64.9 Å². The summed E-state index contributed by atoms with van der Waals surface area (Å²) < 4.78 is 0. The van der Waals surface area contributed by atoms with Crippen LogP contribution in [0.5, 0.6) is 0 Å². The van der Waals surface area contributed by atoms with E-state index in [1.807, 2.05) is 6.07 Å². The number of hydrogen-bond donors (Lipinski definition) is 2. The van der Waals surface area contributed by atoms with E-state index < -0.39 is 5.97 Å². The normalized spacial score (nSPS) is 26.5. The van der Waals surface area contributed by atoms with Gasteiger partial charge in [0.2, 0.25) is 0 Å². The summed E-state index contributed by atoms with van der Waals surface area (Å²) >= 11 is 0. The molecule has 106 valence electrons. The molecule has 0 aliphatic heterocycles. The van der Waals surface area contributed by atoms with Crippen molar-refractivity contribution in [2.45, 2.75) is 38.0 Å². The van der Waals surface area contributed by atoms with Crippen molar-refractivity contribution in [2.75, 3.05) is 6.54 Å². The lowest BCUT2D eigenvalue weighted by atomic mass is 9.66. The number of aliphatic carboxylic acids is 1. The molecule has 0 spiro atoms. The molecule has 19 heavy (non-hydrogen) atoms. The van der Waals surface area contributed by atoms with Crippen LogP contribution in [-0.4, -0.2) is 17.6 Å². The van der Waals surface area contributed by atoms with Gasteiger partial charge in [-0.3, -0.25) is 4.79 Å². The van der Waals surface area contributed by atoms with Crippen molar-refractivity contribution in [3.8, 4) is 0 Å². The van der Waals surface area contributed by atoms with Crippen LogP contribution in [0.3, 0.4) is 0 Å². The highest BCUT2D eigenvalue weighted by Crippen LogP contribution is 2.45. The van der Waals surface area contributed by atoms with Crippen LogP contribution in [0, 0.1) is 5.41 Å². The van der Waals surface area contributed by atoms with Crippen molar-refractivity contribution < 1.29 is 28.0 Å². The maximum Gasteiger partial charge on any atom is 0.304 e. The van der Waals surface area contributed by atoms with Crippen LogP contribution in [0.1, 0.15) is 43.6 Å². The Balaban J connectivity index is 0.00000180. The molecule has 0 bridgehead atoms. The Labute approximate surface area is 120 Å². The molecule has 1 fully saturated rings. The molecular weight excluding hydrogens is 262 g/mol. The summed E-state index contributed by atoms with van der Waals surface area (Å²) in [5, 5.41) is 9.09. The van der Waals surface area contributed by atoms with Gasteiger partial charge in [-0.1, -0.05) is 36.8 Å². The van der Waals surface area contributed by atoms with Crippen LogP contribution in [0.25, 0.3) is 0 Å². The van der Waals surface area contributed by atoms with Gasteiger partial charge in [-0.15, -0.1) is 0 Å². The van der Waals surface area contributed by atoms with Crippen molar-refractivity contribution in [1.29, 1.82) is 0 Å². The lowest BCUT2D eigenvalue weighted by molar-refractivity contribution is -0.395. The van der Waals surface area contributed by atoms with Crippen LogP contribution in [-0.2, 0) is 4.79 Å². The van der Waals surface area contributed by atoms with Gasteiger partial charge in [0, 0.05) is 5.41 Å². The second-order valence-electron chi connectivity index (χ2n) is 5.52. The largest absolute Gasteiger partial charge is 1.00 e. The third-order valence-electron chi connectivity index (χ3n) is 4.27. The smallest absolute Gasteiger partial charge is 0.304 e. The molecule has 0 aromatic heterocycles. The molecular formula is C15H22ClNO2. The number of carbonyl (C=O) groups is 1. The van der Waals surface area contributed by atoms with Crippen LogP contribution >= 0.6 is 0 Å². The van der Waals surface area contributed by atoms with Gasteiger partial charge in [-0.2, -0.15) is 0 Å². The predicted molar refractivity (Wildman–Crippen MR) is 70.1 cm³/mol. The Hall–Kier alpha value is -1.06. The van der Waals surface area contributed by atoms with E-state index in [1.54, 1.807) is 0 Å². The lowest BCUT2D eigenvalue weighted by Crippen LogP contribution is -3.00.